The molecule has 0 aliphatic carbocycles. The first-order valence-corrected chi connectivity index (χ1v) is 9.14. The Labute approximate surface area is 168 Å². The fourth-order valence-corrected chi connectivity index (χ4v) is 3.34. The van der Waals surface area contributed by atoms with Crippen molar-refractivity contribution >= 4 is 22.3 Å². The number of aromatic amines is 1. The predicted molar refractivity (Wildman–Crippen MR) is 112 cm³/mol. The number of hydrogen-bond donors (Lipinski definition) is 1. The number of aryl methyl sites for hydroxylation is 1. The first-order chi connectivity index (χ1) is 14.1. The van der Waals surface area contributed by atoms with Crippen LogP contribution in [0.3, 0.4) is 0 Å². The summed E-state index contributed by atoms with van der Waals surface area (Å²) in [5.74, 6) is 1.72. The molecule has 2 aromatic carbocycles. The fourth-order valence-electron chi connectivity index (χ4n) is 3.34. The molecule has 0 atom stereocenters. The summed E-state index contributed by atoms with van der Waals surface area (Å²) >= 11 is 0. The Hall–Kier alpha value is -3.80. The highest BCUT2D eigenvalue weighted by molar-refractivity contribution is 6.10. The van der Waals surface area contributed by atoms with Crippen molar-refractivity contribution in [1.82, 2.24) is 14.5 Å². The number of aromatic nitrogens is 3. The number of H-pyrrole nitrogens is 1. The van der Waals surface area contributed by atoms with Gasteiger partial charge in [0, 0.05) is 42.1 Å². The van der Waals surface area contributed by atoms with E-state index in [2.05, 4.69) is 9.97 Å². The van der Waals surface area contributed by atoms with Gasteiger partial charge in [0.05, 0.1) is 14.2 Å². The van der Waals surface area contributed by atoms with E-state index in [1.807, 2.05) is 48.7 Å². The third kappa shape index (κ3) is 3.52. The molecule has 146 valence electrons. The monoisotopic (exact) mass is 387 g/mol. The molecule has 0 unspecified atom stereocenters. The summed E-state index contributed by atoms with van der Waals surface area (Å²) in [6, 6.07) is 13.5. The second-order valence-electron chi connectivity index (χ2n) is 6.63. The smallest absolute Gasteiger partial charge is 0.221 e. The van der Waals surface area contributed by atoms with Crippen molar-refractivity contribution in [3.63, 3.8) is 0 Å². The SMILES string of the molecule is COc1ccc(/C(=C/C(=O)c2nccn2C)c2c[nH]c3ccc(OC)cc23)cc1. The van der Waals surface area contributed by atoms with E-state index >= 15 is 0 Å². The maximum absolute atomic E-state index is 13.0. The van der Waals surface area contributed by atoms with E-state index in [9.17, 15) is 4.79 Å². The van der Waals surface area contributed by atoms with E-state index < -0.39 is 0 Å². The van der Waals surface area contributed by atoms with Crippen LogP contribution in [-0.2, 0) is 7.05 Å². The van der Waals surface area contributed by atoms with Crippen molar-refractivity contribution in [2.24, 2.45) is 7.05 Å². The molecule has 4 rings (SSSR count). The van der Waals surface area contributed by atoms with Gasteiger partial charge < -0.3 is 19.0 Å². The molecule has 0 aliphatic rings. The minimum Gasteiger partial charge on any atom is -0.497 e. The summed E-state index contributed by atoms with van der Waals surface area (Å²) in [5.41, 5.74) is 3.56. The van der Waals surface area contributed by atoms with Crippen LogP contribution in [0, 0.1) is 0 Å². The van der Waals surface area contributed by atoms with Gasteiger partial charge in [-0.2, -0.15) is 0 Å². The van der Waals surface area contributed by atoms with Gasteiger partial charge in [0.2, 0.25) is 5.78 Å². The number of benzene rings is 2. The van der Waals surface area contributed by atoms with E-state index in [-0.39, 0.29) is 5.78 Å². The number of carbonyl (C=O) groups excluding carboxylic acids is 1. The molecule has 2 aromatic heterocycles. The first kappa shape index (κ1) is 18.6. The molecular formula is C23H21N3O3. The van der Waals surface area contributed by atoms with Crippen LogP contribution in [0.25, 0.3) is 16.5 Å². The highest BCUT2D eigenvalue weighted by Crippen LogP contribution is 2.33. The number of allylic oxidation sites excluding steroid dienone is 1. The topological polar surface area (TPSA) is 69.1 Å². The molecule has 0 saturated carbocycles. The van der Waals surface area contributed by atoms with Crippen LogP contribution in [0.1, 0.15) is 21.7 Å². The van der Waals surface area contributed by atoms with Gasteiger partial charge in [-0.1, -0.05) is 12.1 Å². The Kier molecular flexibility index (Phi) is 4.91. The van der Waals surface area contributed by atoms with Gasteiger partial charge >= 0.3 is 0 Å². The number of rotatable bonds is 6. The minimum absolute atomic E-state index is 0.166. The lowest BCUT2D eigenvalue weighted by Crippen LogP contribution is -2.05. The Morgan fingerprint density at radius 3 is 2.45 bits per heavy atom. The summed E-state index contributed by atoms with van der Waals surface area (Å²) in [5, 5.41) is 0.971. The minimum atomic E-state index is -0.166. The number of imidazole rings is 1. The second kappa shape index (κ2) is 7.67. The van der Waals surface area contributed by atoms with Gasteiger partial charge in [-0.05, 0) is 47.5 Å². The highest BCUT2D eigenvalue weighted by Gasteiger charge is 2.16. The lowest BCUT2D eigenvalue weighted by molar-refractivity contribution is 0.103. The Bertz CT molecular complexity index is 1200. The number of methoxy groups -OCH3 is 2. The molecule has 0 aliphatic heterocycles. The zero-order valence-corrected chi connectivity index (χ0v) is 16.5. The van der Waals surface area contributed by atoms with Crippen molar-refractivity contribution < 1.29 is 14.3 Å². The number of nitrogens with one attached hydrogen (secondary N) is 1. The summed E-state index contributed by atoms with van der Waals surface area (Å²) in [6.07, 6.45) is 6.91. The fraction of sp³-hybridized carbons (Fsp3) is 0.130. The van der Waals surface area contributed by atoms with E-state index in [1.54, 1.807) is 44.3 Å². The number of carbonyl (C=O) groups is 1. The van der Waals surface area contributed by atoms with E-state index in [4.69, 9.17) is 9.47 Å². The lowest BCUT2D eigenvalue weighted by atomic mass is 9.96. The Morgan fingerprint density at radius 1 is 1.07 bits per heavy atom. The molecule has 2 heterocycles. The Balaban J connectivity index is 1.89. The highest BCUT2D eigenvalue weighted by atomic mass is 16.5. The number of fused-ring (bicyclic) bond motifs is 1. The third-order valence-electron chi connectivity index (χ3n) is 4.90. The van der Waals surface area contributed by atoms with E-state index in [1.165, 1.54) is 0 Å². The summed E-state index contributed by atoms with van der Waals surface area (Å²) < 4.78 is 12.4. The molecule has 1 N–H and O–H groups in total. The molecule has 0 bridgehead atoms. The van der Waals surface area contributed by atoms with Gasteiger partial charge in [-0.15, -0.1) is 0 Å². The first-order valence-electron chi connectivity index (χ1n) is 9.14. The zero-order valence-electron chi connectivity index (χ0n) is 16.5. The summed E-state index contributed by atoms with van der Waals surface area (Å²) in [6.45, 7) is 0. The van der Waals surface area contributed by atoms with Crippen molar-refractivity contribution in [3.05, 3.63) is 84.1 Å². The van der Waals surface area contributed by atoms with Crippen LogP contribution >= 0.6 is 0 Å². The number of ketones is 1. The van der Waals surface area contributed by atoms with Crippen molar-refractivity contribution in [3.8, 4) is 11.5 Å². The molecule has 0 amide bonds. The van der Waals surface area contributed by atoms with Gasteiger partial charge in [0.1, 0.15) is 11.5 Å². The maximum atomic E-state index is 13.0. The van der Waals surface area contributed by atoms with Crippen LogP contribution in [-0.4, -0.2) is 34.5 Å². The number of ether oxygens (including phenoxy) is 2. The number of nitrogens with zero attached hydrogens (tertiary/aromatic N) is 2. The maximum Gasteiger partial charge on any atom is 0.221 e. The average molecular weight is 387 g/mol. The van der Waals surface area contributed by atoms with Crippen LogP contribution < -0.4 is 9.47 Å². The average Bonchev–Trinajstić information content (AvgIpc) is 3.37. The van der Waals surface area contributed by atoms with E-state index in [0.29, 0.717) is 5.82 Å². The third-order valence-corrected chi connectivity index (χ3v) is 4.90. The lowest BCUT2D eigenvalue weighted by Gasteiger charge is -2.09. The predicted octanol–water partition coefficient (Wildman–Crippen LogP) is 4.23. The van der Waals surface area contributed by atoms with Gasteiger partial charge in [-0.25, -0.2) is 4.98 Å². The second-order valence-corrected chi connectivity index (χ2v) is 6.63. The molecule has 0 radical (unpaired) electrons. The van der Waals surface area contributed by atoms with Crippen LogP contribution in [0.15, 0.2) is 67.1 Å². The quantitative estimate of drug-likeness (QED) is 0.397. The van der Waals surface area contributed by atoms with E-state index in [0.717, 1.165) is 39.1 Å². The van der Waals surface area contributed by atoms with Gasteiger partial charge in [0.25, 0.3) is 0 Å². The van der Waals surface area contributed by atoms with Crippen molar-refractivity contribution in [2.45, 2.75) is 0 Å². The van der Waals surface area contributed by atoms with Crippen molar-refractivity contribution in [2.75, 3.05) is 14.2 Å². The molecule has 0 fully saturated rings. The van der Waals surface area contributed by atoms with Gasteiger partial charge in [0.15, 0.2) is 5.82 Å². The molecule has 6 heteroatoms. The molecule has 6 nitrogen and oxygen atoms in total. The molecular weight excluding hydrogens is 366 g/mol. The van der Waals surface area contributed by atoms with Crippen LogP contribution in [0.5, 0.6) is 11.5 Å². The largest absolute Gasteiger partial charge is 0.497 e. The zero-order chi connectivity index (χ0) is 20.4. The Morgan fingerprint density at radius 2 is 1.79 bits per heavy atom. The number of hydrogen-bond acceptors (Lipinski definition) is 4. The standard InChI is InChI=1S/C23H21N3O3/c1-26-11-10-24-23(26)22(27)13-18(15-4-6-16(28-2)7-5-15)20-14-25-21-9-8-17(29-3)12-19(20)21/h4-14,25H,1-3H3/b18-13-. The van der Waals surface area contributed by atoms with Crippen molar-refractivity contribution in [1.29, 1.82) is 0 Å². The van der Waals surface area contributed by atoms with Crippen LogP contribution in [0.2, 0.25) is 0 Å². The summed E-state index contributed by atoms with van der Waals surface area (Å²) in [4.78, 5) is 20.4. The normalized spacial score (nSPS) is 11.6. The van der Waals surface area contributed by atoms with Gasteiger partial charge in [-0.3, -0.25) is 4.79 Å². The van der Waals surface area contributed by atoms with Crippen LogP contribution in [0.4, 0.5) is 0 Å². The molecule has 0 spiro atoms. The molecule has 4 aromatic rings. The molecule has 29 heavy (non-hydrogen) atoms. The molecule has 0 saturated heterocycles. The summed E-state index contributed by atoms with van der Waals surface area (Å²) in [7, 11) is 5.07.